The van der Waals surface area contributed by atoms with E-state index in [1.165, 1.54) is 19.3 Å². The van der Waals surface area contributed by atoms with Gasteiger partial charge in [-0.05, 0) is 37.0 Å². The van der Waals surface area contributed by atoms with Crippen molar-refractivity contribution in [2.45, 2.75) is 19.3 Å². The molecule has 0 amide bonds. The lowest BCUT2D eigenvalue weighted by Gasteiger charge is -2.26. The van der Waals surface area contributed by atoms with Gasteiger partial charge in [0, 0.05) is 17.7 Å². The SMILES string of the molecule is COc1cccc(/C=C/c2nc3cc(F)c(F)cc3[nH]2)c1OCC1CCC1. The van der Waals surface area contributed by atoms with Gasteiger partial charge in [-0.15, -0.1) is 0 Å². The van der Waals surface area contributed by atoms with E-state index in [0.29, 0.717) is 40.9 Å². The number of rotatable bonds is 6. The van der Waals surface area contributed by atoms with Crippen molar-refractivity contribution in [1.29, 1.82) is 0 Å². The summed E-state index contributed by atoms with van der Waals surface area (Å²) in [7, 11) is 1.61. The molecule has 0 radical (unpaired) electrons. The summed E-state index contributed by atoms with van der Waals surface area (Å²) in [6, 6.07) is 7.86. The summed E-state index contributed by atoms with van der Waals surface area (Å²) in [6.07, 6.45) is 7.27. The van der Waals surface area contributed by atoms with Gasteiger partial charge in [-0.3, -0.25) is 0 Å². The fourth-order valence-electron chi connectivity index (χ4n) is 3.11. The van der Waals surface area contributed by atoms with Crippen molar-refractivity contribution in [2.75, 3.05) is 13.7 Å². The maximum absolute atomic E-state index is 13.4. The molecule has 1 N–H and O–H groups in total. The quantitative estimate of drug-likeness (QED) is 0.649. The van der Waals surface area contributed by atoms with E-state index >= 15 is 0 Å². The van der Waals surface area contributed by atoms with Gasteiger partial charge in [0.2, 0.25) is 0 Å². The Bertz CT molecular complexity index is 954. The smallest absolute Gasteiger partial charge is 0.168 e. The van der Waals surface area contributed by atoms with Gasteiger partial charge in [-0.1, -0.05) is 18.6 Å². The van der Waals surface area contributed by atoms with Crippen molar-refractivity contribution in [3.05, 3.63) is 53.4 Å². The Kier molecular flexibility index (Phi) is 4.79. The monoisotopic (exact) mass is 370 g/mol. The first-order chi connectivity index (χ1) is 13.1. The number of aromatic nitrogens is 2. The van der Waals surface area contributed by atoms with Crippen LogP contribution in [0.4, 0.5) is 8.78 Å². The number of benzene rings is 2. The van der Waals surface area contributed by atoms with Crippen molar-refractivity contribution in [3.8, 4) is 11.5 Å². The number of aromatic amines is 1. The van der Waals surface area contributed by atoms with Gasteiger partial charge < -0.3 is 14.5 Å². The minimum Gasteiger partial charge on any atom is -0.493 e. The van der Waals surface area contributed by atoms with E-state index in [4.69, 9.17) is 9.47 Å². The molecule has 140 valence electrons. The number of hydrogen-bond donors (Lipinski definition) is 1. The predicted octanol–water partition coefficient (Wildman–Crippen LogP) is 5.20. The standard InChI is InChI=1S/C21H20F2N2O2/c1-26-19-7-3-6-14(21(19)27-12-13-4-2-5-13)8-9-20-24-17-10-15(22)16(23)11-18(17)25-20/h3,6-11,13H,2,4-5,12H2,1H3,(H,24,25)/b9-8+. The highest BCUT2D eigenvalue weighted by atomic mass is 19.2. The lowest BCUT2D eigenvalue weighted by Crippen LogP contribution is -2.19. The van der Waals surface area contributed by atoms with Gasteiger partial charge in [0.15, 0.2) is 23.1 Å². The molecule has 0 bridgehead atoms. The van der Waals surface area contributed by atoms with E-state index in [9.17, 15) is 8.78 Å². The zero-order chi connectivity index (χ0) is 18.8. The molecule has 2 aromatic carbocycles. The van der Waals surface area contributed by atoms with Crippen LogP contribution in [-0.4, -0.2) is 23.7 Å². The third-order valence-corrected chi connectivity index (χ3v) is 4.88. The molecule has 1 saturated carbocycles. The maximum Gasteiger partial charge on any atom is 0.168 e. The van der Waals surface area contributed by atoms with Crippen LogP contribution >= 0.6 is 0 Å². The number of fused-ring (bicyclic) bond motifs is 1. The first-order valence-electron chi connectivity index (χ1n) is 8.96. The predicted molar refractivity (Wildman–Crippen MR) is 101 cm³/mol. The molecule has 4 nitrogen and oxygen atoms in total. The minimum absolute atomic E-state index is 0.376. The van der Waals surface area contributed by atoms with Gasteiger partial charge in [0.25, 0.3) is 0 Å². The first-order valence-corrected chi connectivity index (χ1v) is 8.96. The van der Waals surface area contributed by atoms with Crippen LogP contribution in [0, 0.1) is 17.6 Å². The molecular weight excluding hydrogens is 350 g/mol. The number of methoxy groups -OCH3 is 1. The molecule has 27 heavy (non-hydrogen) atoms. The average molecular weight is 370 g/mol. The van der Waals surface area contributed by atoms with Crippen LogP contribution in [-0.2, 0) is 0 Å². The summed E-state index contributed by atoms with van der Waals surface area (Å²) in [5, 5.41) is 0. The van der Waals surface area contributed by atoms with Gasteiger partial charge >= 0.3 is 0 Å². The van der Waals surface area contributed by atoms with Crippen LogP contribution in [0.3, 0.4) is 0 Å². The number of ether oxygens (including phenoxy) is 2. The van der Waals surface area contributed by atoms with Crippen LogP contribution in [0.2, 0.25) is 0 Å². The zero-order valence-corrected chi connectivity index (χ0v) is 15.0. The highest BCUT2D eigenvalue weighted by molar-refractivity contribution is 5.80. The number of imidazole rings is 1. The topological polar surface area (TPSA) is 47.1 Å². The van der Waals surface area contributed by atoms with Crippen molar-refractivity contribution < 1.29 is 18.3 Å². The molecule has 0 aliphatic heterocycles. The number of nitrogens with zero attached hydrogens (tertiary/aromatic N) is 1. The number of H-pyrrole nitrogens is 1. The molecule has 6 heteroatoms. The van der Waals surface area contributed by atoms with E-state index < -0.39 is 11.6 Å². The van der Waals surface area contributed by atoms with E-state index in [1.807, 2.05) is 24.3 Å². The second-order valence-corrected chi connectivity index (χ2v) is 6.73. The zero-order valence-electron chi connectivity index (χ0n) is 15.0. The van der Waals surface area contributed by atoms with E-state index in [0.717, 1.165) is 17.7 Å². The lowest BCUT2D eigenvalue weighted by molar-refractivity contribution is 0.175. The van der Waals surface area contributed by atoms with Crippen LogP contribution in [0.5, 0.6) is 11.5 Å². The Morgan fingerprint density at radius 1 is 1.19 bits per heavy atom. The second-order valence-electron chi connectivity index (χ2n) is 6.73. The van der Waals surface area contributed by atoms with Gasteiger partial charge in [0.1, 0.15) is 5.82 Å². The number of nitrogens with one attached hydrogen (secondary N) is 1. The highest BCUT2D eigenvalue weighted by Gasteiger charge is 2.19. The van der Waals surface area contributed by atoms with E-state index in [2.05, 4.69) is 9.97 Å². The summed E-state index contributed by atoms with van der Waals surface area (Å²) in [5.41, 5.74) is 1.67. The Morgan fingerprint density at radius 2 is 2.00 bits per heavy atom. The Balaban J connectivity index is 1.60. The van der Waals surface area contributed by atoms with Crippen molar-refractivity contribution in [2.24, 2.45) is 5.92 Å². The molecule has 0 spiro atoms. The maximum atomic E-state index is 13.4. The highest BCUT2D eigenvalue weighted by Crippen LogP contribution is 2.35. The van der Waals surface area contributed by atoms with E-state index in [-0.39, 0.29) is 0 Å². The molecular formula is C21H20F2N2O2. The summed E-state index contributed by atoms with van der Waals surface area (Å²) < 4.78 is 38.2. The van der Waals surface area contributed by atoms with Crippen molar-refractivity contribution >= 4 is 23.2 Å². The average Bonchev–Trinajstić information content (AvgIpc) is 3.01. The molecule has 1 aromatic heterocycles. The Labute approximate surface area is 155 Å². The Morgan fingerprint density at radius 3 is 2.74 bits per heavy atom. The molecule has 1 fully saturated rings. The molecule has 3 aromatic rings. The van der Waals surface area contributed by atoms with Crippen LogP contribution < -0.4 is 9.47 Å². The molecule has 1 aliphatic carbocycles. The second kappa shape index (κ2) is 7.39. The van der Waals surface area contributed by atoms with Crippen LogP contribution in [0.15, 0.2) is 30.3 Å². The molecule has 1 heterocycles. The summed E-state index contributed by atoms with van der Waals surface area (Å²) >= 11 is 0. The largest absolute Gasteiger partial charge is 0.493 e. The number of halogens is 2. The third-order valence-electron chi connectivity index (χ3n) is 4.88. The number of hydrogen-bond acceptors (Lipinski definition) is 3. The third kappa shape index (κ3) is 3.65. The fraction of sp³-hybridized carbons (Fsp3) is 0.286. The number of para-hydroxylation sites is 1. The summed E-state index contributed by atoms with van der Waals surface area (Å²) in [4.78, 5) is 7.25. The fourth-order valence-corrected chi connectivity index (χ4v) is 3.11. The van der Waals surface area contributed by atoms with Crippen LogP contribution in [0.1, 0.15) is 30.7 Å². The normalized spacial score (nSPS) is 14.6. The van der Waals surface area contributed by atoms with E-state index in [1.54, 1.807) is 13.2 Å². The molecule has 0 unspecified atom stereocenters. The summed E-state index contributed by atoms with van der Waals surface area (Å²) in [5.74, 6) is 0.654. The van der Waals surface area contributed by atoms with Crippen LogP contribution in [0.25, 0.3) is 23.2 Å². The van der Waals surface area contributed by atoms with Gasteiger partial charge in [-0.2, -0.15) is 0 Å². The lowest BCUT2D eigenvalue weighted by atomic mass is 9.86. The first kappa shape index (κ1) is 17.5. The summed E-state index contributed by atoms with van der Waals surface area (Å²) in [6.45, 7) is 0.671. The molecule has 0 saturated heterocycles. The van der Waals surface area contributed by atoms with Crippen molar-refractivity contribution in [3.63, 3.8) is 0 Å². The Hall–Kier alpha value is -2.89. The van der Waals surface area contributed by atoms with Gasteiger partial charge in [0.05, 0.1) is 24.8 Å². The molecule has 1 aliphatic rings. The van der Waals surface area contributed by atoms with Crippen molar-refractivity contribution in [1.82, 2.24) is 9.97 Å². The van der Waals surface area contributed by atoms with Gasteiger partial charge in [-0.25, -0.2) is 13.8 Å². The molecule has 0 atom stereocenters. The molecule has 4 rings (SSSR count). The minimum atomic E-state index is -0.913.